The smallest absolute Gasteiger partial charge is 0.307 e. The molecule has 0 atom stereocenters. The zero-order valence-electron chi connectivity index (χ0n) is 10.5. The van der Waals surface area contributed by atoms with Gasteiger partial charge >= 0.3 is 5.91 Å². The summed E-state index contributed by atoms with van der Waals surface area (Å²) in [5, 5.41) is 3.80. The number of aryl methyl sites for hydroxylation is 1. The molecule has 1 heterocycles. The van der Waals surface area contributed by atoms with Crippen molar-refractivity contribution in [1.82, 2.24) is 5.43 Å². The van der Waals surface area contributed by atoms with Crippen LogP contribution in [0.5, 0.6) is 0 Å². The van der Waals surface area contributed by atoms with Crippen molar-refractivity contribution < 1.29 is 9.21 Å². The summed E-state index contributed by atoms with van der Waals surface area (Å²) in [6, 6.07) is 13.2. The molecular weight excluding hydrogens is 240 g/mol. The maximum atomic E-state index is 11.5. The molecule has 1 N–H and O–H groups in total. The number of nitrogens with one attached hydrogen (secondary N) is 1. The molecule has 96 valence electrons. The predicted octanol–water partition coefficient (Wildman–Crippen LogP) is 3.02. The first-order valence-electron chi connectivity index (χ1n) is 5.87. The summed E-state index contributed by atoms with van der Waals surface area (Å²) in [6.07, 6.45) is 5.16. The number of furan rings is 1. The lowest BCUT2D eigenvalue weighted by Crippen LogP contribution is -2.16. The van der Waals surface area contributed by atoms with Gasteiger partial charge in [0.05, 0.1) is 0 Å². The summed E-state index contributed by atoms with van der Waals surface area (Å²) in [4.78, 5) is 11.5. The highest BCUT2D eigenvalue weighted by Crippen LogP contribution is 2.05. The fraction of sp³-hybridized carbons (Fsp3) is 0.0667. The maximum absolute atomic E-state index is 11.5. The standard InChI is InChI=1S/C15H14N2O2/c1-12-9-10-14(19-12)15(18)17-16-11-5-8-13-6-3-2-4-7-13/h2-11H,1H3,(H,17,18). The first-order valence-corrected chi connectivity index (χ1v) is 5.87. The Kier molecular flexibility index (Phi) is 4.29. The van der Waals surface area contributed by atoms with Crippen LogP contribution in [0.4, 0.5) is 0 Å². The molecule has 0 bridgehead atoms. The van der Waals surface area contributed by atoms with Crippen molar-refractivity contribution in [2.45, 2.75) is 6.92 Å². The minimum atomic E-state index is -0.363. The quantitative estimate of drug-likeness (QED) is 0.673. The fourth-order valence-electron chi connectivity index (χ4n) is 1.47. The van der Waals surface area contributed by atoms with Crippen molar-refractivity contribution in [2.75, 3.05) is 0 Å². The predicted molar refractivity (Wildman–Crippen MR) is 74.9 cm³/mol. The molecular formula is C15H14N2O2. The number of carbonyl (C=O) groups excluding carboxylic acids is 1. The SMILES string of the molecule is Cc1ccc(C(=O)NN=CC=Cc2ccccc2)o1. The van der Waals surface area contributed by atoms with E-state index in [1.165, 1.54) is 6.21 Å². The largest absolute Gasteiger partial charge is 0.456 e. The van der Waals surface area contributed by atoms with Crippen LogP contribution < -0.4 is 5.43 Å². The summed E-state index contributed by atoms with van der Waals surface area (Å²) in [5.41, 5.74) is 3.46. The second kappa shape index (κ2) is 6.35. The molecule has 4 nitrogen and oxygen atoms in total. The number of allylic oxidation sites excluding steroid dienone is 1. The van der Waals surface area contributed by atoms with E-state index in [1.807, 2.05) is 36.4 Å². The Balaban J connectivity index is 1.84. The number of carbonyl (C=O) groups is 1. The Labute approximate surface area is 111 Å². The summed E-state index contributed by atoms with van der Waals surface area (Å²) in [6.45, 7) is 1.78. The van der Waals surface area contributed by atoms with E-state index in [1.54, 1.807) is 25.1 Å². The van der Waals surface area contributed by atoms with Crippen molar-refractivity contribution in [3.8, 4) is 0 Å². The maximum Gasteiger partial charge on any atom is 0.307 e. The Morgan fingerprint density at radius 1 is 1.21 bits per heavy atom. The average Bonchev–Trinajstić information content (AvgIpc) is 2.86. The highest BCUT2D eigenvalue weighted by Gasteiger charge is 2.07. The van der Waals surface area contributed by atoms with Crippen LogP contribution in [0.3, 0.4) is 0 Å². The van der Waals surface area contributed by atoms with E-state index < -0.39 is 0 Å². The second-order valence-electron chi connectivity index (χ2n) is 3.90. The third kappa shape index (κ3) is 3.96. The van der Waals surface area contributed by atoms with Gasteiger partial charge in [-0.3, -0.25) is 4.79 Å². The van der Waals surface area contributed by atoms with Crippen molar-refractivity contribution in [3.05, 3.63) is 65.6 Å². The summed E-state index contributed by atoms with van der Waals surface area (Å²) in [5.74, 6) is 0.581. The third-order valence-electron chi connectivity index (χ3n) is 2.38. The van der Waals surface area contributed by atoms with E-state index >= 15 is 0 Å². The Hall–Kier alpha value is -2.62. The van der Waals surface area contributed by atoms with Crippen LogP contribution >= 0.6 is 0 Å². The van der Waals surface area contributed by atoms with Gasteiger partial charge in [-0.25, -0.2) is 5.43 Å². The van der Waals surface area contributed by atoms with E-state index in [9.17, 15) is 4.79 Å². The van der Waals surface area contributed by atoms with E-state index in [0.717, 1.165) is 5.56 Å². The van der Waals surface area contributed by atoms with Gasteiger partial charge in [-0.05, 0) is 30.7 Å². The van der Waals surface area contributed by atoms with E-state index in [-0.39, 0.29) is 11.7 Å². The van der Waals surface area contributed by atoms with Gasteiger partial charge in [-0.15, -0.1) is 0 Å². The minimum Gasteiger partial charge on any atom is -0.456 e. The van der Waals surface area contributed by atoms with Gasteiger partial charge in [0.25, 0.3) is 0 Å². The first-order chi connectivity index (χ1) is 9.25. The molecule has 4 heteroatoms. The van der Waals surface area contributed by atoms with Gasteiger partial charge in [-0.2, -0.15) is 5.10 Å². The summed E-state index contributed by atoms with van der Waals surface area (Å²) < 4.78 is 5.17. The van der Waals surface area contributed by atoms with E-state index in [4.69, 9.17) is 4.42 Å². The van der Waals surface area contributed by atoms with Crippen LogP contribution in [0.25, 0.3) is 6.08 Å². The molecule has 0 aliphatic heterocycles. The molecule has 0 aliphatic carbocycles. The van der Waals surface area contributed by atoms with Crippen LogP contribution in [0.1, 0.15) is 21.9 Å². The van der Waals surface area contributed by atoms with E-state index in [2.05, 4.69) is 10.5 Å². The molecule has 1 aromatic heterocycles. The molecule has 0 saturated carbocycles. The lowest BCUT2D eigenvalue weighted by molar-refractivity contribution is 0.0926. The Morgan fingerprint density at radius 3 is 2.68 bits per heavy atom. The van der Waals surface area contributed by atoms with Gasteiger partial charge < -0.3 is 4.42 Å². The number of amides is 1. The Morgan fingerprint density at radius 2 is 2.00 bits per heavy atom. The van der Waals surface area contributed by atoms with Crippen LogP contribution in [0.2, 0.25) is 0 Å². The van der Waals surface area contributed by atoms with Gasteiger partial charge in [0.2, 0.25) is 0 Å². The number of benzene rings is 1. The number of nitrogens with zero attached hydrogens (tertiary/aromatic N) is 1. The van der Waals surface area contributed by atoms with Gasteiger partial charge in [0.15, 0.2) is 5.76 Å². The zero-order chi connectivity index (χ0) is 13.5. The molecule has 0 radical (unpaired) electrons. The normalized spacial score (nSPS) is 11.2. The topological polar surface area (TPSA) is 54.6 Å². The number of rotatable bonds is 4. The number of hydrogen-bond donors (Lipinski definition) is 1. The van der Waals surface area contributed by atoms with Gasteiger partial charge in [0.1, 0.15) is 5.76 Å². The summed E-state index contributed by atoms with van der Waals surface area (Å²) >= 11 is 0. The Bertz CT molecular complexity index is 598. The number of hydrogen-bond acceptors (Lipinski definition) is 3. The molecule has 2 aromatic rings. The fourth-order valence-corrected chi connectivity index (χ4v) is 1.47. The molecule has 0 unspecified atom stereocenters. The molecule has 19 heavy (non-hydrogen) atoms. The van der Waals surface area contributed by atoms with Crippen LogP contribution in [0.15, 0.2) is 58.1 Å². The highest BCUT2D eigenvalue weighted by molar-refractivity contribution is 5.92. The minimum absolute atomic E-state index is 0.252. The first kappa shape index (κ1) is 12.8. The monoisotopic (exact) mass is 254 g/mol. The van der Waals surface area contributed by atoms with Crippen LogP contribution in [-0.4, -0.2) is 12.1 Å². The number of hydrazone groups is 1. The van der Waals surface area contributed by atoms with Gasteiger partial charge in [-0.1, -0.05) is 36.4 Å². The molecule has 1 amide bonds. The van der Waals surface area contributed by atoms with Crippen molar-refractivity contribution in [2.24, 2.45) is 5.10 Å². The molecule has 0 spiro atoms. The highest BCUT2D eigenvalue weighted by atomic mass is 16.3. The molecule has 0 fully saturated rings. The average molecular weight is 254 g/mol. The molecule has 0 aliphatic rings. The lowest BCUT2D eigenvalue weighted by Gasteiger charge is -1.93. The summed E-state index contributed by atoms with van der Waals surface area (Å²) in [7, 11) is 0. The second-order valence-corrected chi connectivity index (χ2v) is 3.90. The van der Waals surface area contributed by atoms with Crippen LogP contribution in [0, 0.1) is 6.92 Å². The van der Waals surface area contributed by atoms with Crippen molar-refractivity contribution in [1.29, 1.82) is 0 Å². The zero-order valence-corrected chi connectivity index (χ0v) is 10.5. The van der Waals surface area contributed by atoms with Crippen LogP contribution in [-0.2, 0) is 0 Å². The van der Waals surface area contributed by atoms with E-state index in [0.29, 0.717) is 5.76 Å². The molecule has 0 saturated heterocycles. The molecule has 2 rings (SSSR count). The lowest BCUT2D eigenvalue weighted by atomic mass is 10.2. The van der Waals surface area contributed by atoms with Gasteiger partial charge in [0, 0.05) is 6.21 Å². The van der Waals surface area contributed by atoms with Crippen molar-refractivity contribution in [3.63, 3.8) is 0 Å². The molecule has 1 aromatic carbocycles. The third-order valence-corrected chi connectivity index (χ3v) is 2.38. The van der Waals surface area contributed by atoms with Crippen molar-refractivity contribution >= 4 is 18.2 Å².